The van der Waals surface area contributed by atoms with Gasteiger partial charge in [0.1, 0.15) is 6.33 Å². The van der Waals surface area contributed by atoms with E-state index in [1.807, 2.05) is 49.5 Å². The van der Waals surface area contributed by atoms with Gasteiger partial charge >= 0.3 is 0 Å². The van der Waals surface area contributed by atoms with Crippen molar-refractivity contribution >= 4 is 39.4 Å². The van der Waals surface area contributed by atoms with Gasteiger partial charge in [0.05, 0.1) is 6.21 Å². The number of benzene rings is 2. The quantitative estimate of drug-likeness (QED) is 0.388. The standard InChI is InChI=1S/C19H15N7/c1-12-16(13-6-4-5-9-17(13)22-12)10-20-23-18-14-7-2-3-8-15(14)19-24-21-11-26(19)25-18/h2-11,22H,1H3,(H,23,25)/b20-10+. The van der Waals surface area contributed by atoms with Crippen LogP contribution >= 0.6 is 0 Å². The summed E-state index contributed by atoms with van der Waals surface area (Å²) in [7, 11) is 0. The van der Waals surface area contributed by atoms with E-state index in [4.69, 9.17) is 0 Å². The molecular formula is C19H15N7. The molecule has 3 aromatic heterocycles. The minimum atomic E-state index is 0.654. The first-order valence-electron chi connectivity index (χ1n) is 8.26. The molecule has 0 saturated heterocycles. The van der Waals surface area contributed by atoms with Gasteiger partial charge in [0.15, 0.2) is 11.5 Å². The lowest BCUT2D eigenvalue weighted by atomic mass is 10.1. The molecule has 26 heavy (non-hydrogen) atoms. The Labute approximate surface area is 148 Å². The van der Waals surface area contributed by atoms with Crippen molar-refractivity contribution in [1.29, 1.82) is 0 Å². The first-order valence-corrected chi connectivity index (χ1v) is 8.26. The maximum absolute atomic E-state index is 4.53. The van der Waals surface area contributed by atoms with E-state index >= 15 is 0 Å². The molecule has 0 fully saturated rings. The van der Waals surface area contributed by atoms with Crippen LogP contribution in [0.3, 0.4) is 0 Å². The summed E-state index contributed by atoms with van der Waals surface area (Å²) in [6.07, 6.45) is 3.40. The molecule has 2 aromatic carbocycles. The Morgan fingerprint density at radius 1 is 1.04 bits per heavy atom. The summed E-state index contributed by atoms with van der Waals surface area (Å²) in [6, 6.07) is 16.1. The third-order valence-corrected chi connectivity index (χ3v) is 4.47. The van der Waals surface area contributed by atoms with E-state index in [9.17, 15) is 0 Å². The normalized spacial score (nSPS) is 11.9. The zero-order valence-corrected chi connectivity index (χ0v) is 14.0. The molecule has 0 bridgehead atoms. The number of hydrogen-bond acceptors (Lipinski definition) is 5. The van der Waals surface area contributed by atoms with E-state index in [0.29, 0.717) is 5.82 Å². The van der Waals surface area contributed by atoms with Crippen molar-refractivity contribution in [3.8, 4) is 0 Å². The Morgan fingerprint density at radius 2 is 1.81 bits per heavy atom. The van der Waals surface area contributed by atoms with Crippen molar-refractivity contribution in [3.63, 3.8) is 0 Å². The highest BCUT2D eigenvalue weighted by molar-refractivity contribution is 6.02. The first kappa shape index (κ1) is 14.6. The van der Waals surface area contributed by atoms with Crippen LogP contribution in [0.25, 0.3) is 27.3 Å². The Morgan fingerprint density at radius 3 is 2.69 bits per heavy atom. The summed E-state index contributed by atoms with van der Waals surface area (Å²) in [4.78, 5) is 3.37. The summed E-state index contributed by atoms with van der Waals surface area (Å²) in [5.41, 5.74) is 7.02. The van der Waals surface area contributed by atoms with E-state index in [2.05, 4.69) is 42.9 Å². The van der Waals surface area contributed by atoms with Crippen molar-refractivity contribution in [2.75, 3.05) is 5.43 Å². The monoisotopic (exact) mass is 341 g/mol. The maximum Gasteiger partial charge on any atom is 0.185 e. The second kappa shape index (κ2) is 5.66. The lowest BCUT2D eigenvalue weighted by Crippen LogP contribution is -2.00. The predicted molar refractivity (Wildman–Crippen MR) is 103 cm³/mol. The van der Waals surface area contributed by atoms with Crippen molar-refractivity contribution in [2.24, 2.45) is 5.10 Å². The highest BCUT2D eigenvalue weighted by atomic mass is 15.4. The second-order valence-corrected chi connectivity index (χ2v) is 6.07. The highest BCUT2D eigenvalue weighted by Gasteiger charge is 2.09. The summed E-state index contributed by atoms with van der Waals surface area (Å²) in [5, 5.41) is 20.1. The Hall–Kier alpha value is -3.74. The number of H-pyrrole nitrogens is 1. The fourth-order valence-corrected chi connectivity index (χ4v) is 3.23. The molecule has 0 spiro atoms. The largest absolute Gasteiger partial charge is 0.358 e. The molecule has 5 rings (SSSR count). The molecule has 2 N–H and O–H groups in total. The van der Waals surface area contributed by atoms with E-state index in [-0.39, 0.29) is 0 Å². The molecule has 0 aliphatic heterocycles. The molecule has 0 saturated carbocycles. The summed E-state index contributed by atoms with van der Waals surface area (Å²) in [5.74, 6) is 0.654. The molecule has 5 aromatic rings. The van der Waals surface area contributed by atoms with Crippen LogP contribution in [-0.4, -0.2) is 31.0 Å². The van der Waals surface area contributed by atoms with Crippen LogP contribution in [-0.2, 0) is 0 Å². The predicted octanol–water partition coefficient (Wildman–Crippen LogP) is 3.51. The molecule has 0 radical (unpaired) electrons. The molecule has 0 atom stereocenters. The van der Waals surface area contributed by atoms with Crippen molar-refractivity contribution in [3.05, 3.63) is 66.1 Å². The number of hydrogen-bond donors (Lipinski definition) is 2. The highest BCUT2D eigenvalue weighted by Crippen LogP contribution is 2.24. The molecular weight excluding hydrogens is 326 g/mol. The second-order valence-electron chi connectivity index (χ2n) is 6.07. The van der Waals surface area contributed by atoms with E-state index < -0.39 is 0 Å². The third kappa shape index (κ3) is 2.21. The maximum atomic E-state index is 4.53. The fraction of sp³-hybridized carbons (Fsp3) is 0.0526. The number of aromatic nitrogens is 5. The van der Waals surface area contributed by atoms with Crippen LogP contribution < -0.4 is 5.43 Å². The summed E-state index contributed by atoms with van der Waals surface area (Å²) >= 11 is 0. The van der Waals surface area contributed by atoms with Crippen LogP contribution in [0, 0.1) is 6.92 Å². The number of aryl methyl sites for hydroxylation is 1. The van der Waals surface area contributed by atoms with E-state index in [1.54, 1.807) is 10.8 Å². The van der Waals surface area contributed by atoms with Gasteiger partial charge in [-0.2, -0.15) is 9.62 Å². The fourth-order valence-electron chi connectivity index (χ4n) is 3.23. The van der Waals surface area contributed by atoms with Crippen LogP contribution in [0.1, 0.15) is 11.3 Å². The van der Waals surface area contributed by atoms with Crippen molar-refractivity contribution in [2.45, 2.75) is 6.92 Å². The van der Waals surface area contributed by atoms with Crippen LogP contribution in [0.2, 0.25) is 0 Å². The Bertz CT molecular complexity index is 1280. The minimum absolute atomic E-state index is 0.654. The number of anilines is 1. The molecule has 7 heteroatoms. The van der Waals surface area contributed by atoms with Gasteiger partial charge in [-0.3, -0.25) is 5.43 Å². The van der Waals surface area contributed by atoms with Gasteiger partial charge in [-0.1, -0.05) is 42.5 Å². The van der Waals surface area contributed by atoms with Gasteiger partial charge < -0.3 is 4.98 Å². The molecule has 0 aliphatic rings. The summed E-state index contributed by atoms with van der Waals surface area (Å²) < 4.78 is 1.65. The first-order chi connectivity index (χ1) is 12.8. The molecule has 126 valence electrons. The molecule has 3 heterocycles. The van der Waals surface area contributed by atoms with Gasteiger partial charge in [-0.25, -0.2) is 0 Å². The minimum Gasteiger partial charge on any atom is -0.358 e. The number of fused-ring (bicyclic) bond motifs is 4. The average Bonchev–Trinajstić information content (AvgIpc) is 3.26. The van der Waals surface area contributed by atoms with Gasteiger partial charge in [-0.05, 0) is 13.0 Å². The van der Waals surface area contributed by atoms with E-state index in [0.717, 1.165) is 38.6 Å². The number of rotatable bonds is 3. The number of hydrazone groups is 1. The van der Waals surface area contributed by atoms with Crippen LogP contribution in [0.5, 0.6) is 0 Å². The lowest BCUT2D eigenvalue weighted by molar-refractivity contribution is 0.934. The van der Waals surface area contributed by atoms with Gasteiger partial charge in [-0.15, -0.1) is 15.3 Å². The smallest absolute Gasteiger partial charge is 0.185 e. The van der Waals surface area contributed by atoms with Gasteiger partial charge in [0.25, 0.3) is 0 Å². The zero-order chi connectivity index (χ0) is 17.5. The van der Waals surface area contributed by atoms with Crippen LogP contribution in [0.15, 0.2) is 60.0 Å². The number of aromatic amines is 1. The Balaban J connectivity index is 1.57. The third-order valence-electron chi connectivity index (χ3n) is 4.47. The lowest BCUT2D eigenvalue weighted by Gasteiger charge is -2.05. The topological polar surface area (TPSA) is 83.3 Å². The zero-order valence-electron chi connectivity index (χ0n) is 14.0. The van der Waals surface area contributed by atoms with Crippen molar-refractivity contribution < 1.29 is 0 Å². The molecule has 0 amide bonds. The number of para-hydroxylation sites is 1. The van der Waals surface area contributed by atoms with Gasteiger partial charge in [0.2, 0.25) is 0 Å². The molecule has 0 aliphatic carbocycles. The number of nitrogens with one attached hydrogen (secondary N) is 2. The van der Waals surface area contributed by atoms with Crippen molar-refractivity contribution in [1.82, 2.24) is 24.8 Å². The van der Waals surface area contributed by atoms with Gasteiger partial charge in [0, 0.05) is 32.9 Å². The van der Waals surface area contributed by atoms with E-state index in [1.165, 1.54) is 0 Å². The SMILES string of the molecule is Cc1[nH]c2ccccc2c1/C=N/Nc1nn2cnnc2c2ccccc12. The molecule has 0 unspecified atom stereocenters. The number of nitrogens with zero attached hydrogens (tertiary/aromatic N) is 5. The average molecular weight is 341 g/mol. The van der Waals surface area contributed by atoms with Crippen LogP contribution in [0.4, 0.5) is 5.82 Å². The molecule has 7 nitrogen and oxygen atoms in total. The summed E-state index contributed by atoms with van der Waals surface area (Å²) in [6.45, 7) is 2.04. The Kier molecular flexibility index (Phi) is 3.18.